The maximum atomic E-state index is 11.1. The van der Waals surface area contributed by atoms with Crippen molar-refractivity contribution in [2.24, 2.45) is 11.8 Å². The summed E-state index contributed by atoms with van der Waals surface area (Å²) in [7, 11) is 8.20. The largest absolute Gasteiger partial charge is 0.358 e. The van der Waals surface area contributed by atoms with E-state index in [1.165, 1.54) is 26.4 Å². The molecule has 0 radical (unpaired) electrons. The second-order valence-electron chi connectivity index (χ2n) is 7.70. The number of amides is 1. The molecule has 25 heavy (non-hydrogen) atoms. The van der Waals surface area contributed by atoms with Crippen LogP contribution in [-0.2, 0) is 4.79 Å². The lowest BCUT2D eigenvalue weighted by molar-refractivity contribution is -0.871. The van der Waals surface area contributed by atoms with E-state index in [4.69, 9.17) is 10.8 Å². The molecule has 0 aromatic carbocycles. The van der Waals surface area contributed by atoms with Crippen LogP contribution in [0, 0.1) is 22.7 Å². The highest BCUT2D eigenvalue weighted by Gasteiger charge is 2.16. The van der Waals surface area contributed by atoms with Crippen LogP contribution in [0.3, 0.4) is 0 Å². The van der Waals surface area contributed by atoms with Gasteiger partial charge in [0.15, 0.2) is 11.9 Å². The van der Waals surface area contributed by atoms with E-state index >= 15 is 0 Å². The van der Waals surface area contributed by atoms with Gasteiger partial charge in [-0.3, -0.25) is 20.9 Å². The molecule has 0 aromatic rings. The number of likely N-dealkylation sites (N-methyl/N-ethyl adjacent to an activating group) is 1. The molecule has 0 aliphatic rings. The highest BCUT2D eigenvalue weighted by atomic mass is 16.1. The van der Waals surface area contributed by atoms with E-state index in [-0.39, 0.29) is 24.4 Å². The number of guanidine groups is 2. The van der Waals surface area contributed by atoms with Crippen molar-refractivity contribution in [1.29, 1.82) is 10.8 Å². The fourth-order valence-electron chi connectivity index (χ4n) is 2.46. The number of hydrogen-bond acceptors (Lipinski definition) is 3. The number of nitrogens with zero attached hydrogens (tertiary/aromatic N) is 1. The van der Waals surface area contributed by atoms with Gasteiger partial charge >= 0.3 is 0 Å². The lowest BCUT2D eigenvalue weighted by Gasteiger charge is -2.27. The molecule has 1 amide bonds. The zero-order chi connectivity index (χ0) is 19.5. The van der Waals surface area contributed by atoms with Crippen LogP contribution in [0.25, 0.3) is 0 Å². The van der Waals surface area contributed by atoms with Crippen molar-refractivity contribution in [3.8, 4) is 0 Å². The van der Waals surface area contributed by atoms with Crippen LogP contribution in [0.5, 0.6) is 0 Å². The molecule has 0 saturated carbocycles. The third-order valence-corrected chi connectivity index (χ3v) is 4.10. The molecule has 0 bridgehead atoms. The van der Waals surface area contributed by atoms with Crippen LogP contribution in [-0.4, -0.2) is 70.1 Å². The standard InChI is InChI=1S/C17H37N7O/c1-7-14(8-9-24(4,5)6)10-13(2)11-21-16(18)23-17(19)22-12-15(25)20-3/h13-14H,7-12H2,1-6H3,(H5-,18,19,20,21,22,23,25)/p+1. The smallest absolute Gasteiger partial charge is 0.239 e. The highest BCUT2D eigenvalue weighted by molar-refractivity contribution is 5.96. The molecular formula is C17H38N7O+. The summed E-state index contributed by atoms with van der Waals surface area (Å²) >= 11 is 0. The van der Waals surface area contributed by atoms with Crippen molar-refractivity contribution in [1.82, 2.24) is 21.3 Å². The molecule has 2 atom stereocenters. The average molecular weight is 357 g/mol. The van der Waals surface area contributed by atoms with Crippen molar-refractivity contribution in [2.75, 3.05) is 47.8 Å². The Bertz CT molecular complexity index is 431. The van der Waals surface area contributed by atoms with E-state index in [1.807, 2.05) is 0 Å². The first-order valence-electron chi connectivity index (χ1n) is 9.00. The molecule has 0 rings (SSSR count). The Balaban J connectivity index is 4.05. The third-order valence-electron chi connectivity index (χ3n) is 4.10. The van der Waals surface area contributed by atoms with E-state index in [0.29, 0.717) is 18.4 Å². The van der Waals surface area contributed by atoms with E-state index in [0.717, 1.165) is 10.9 Å². The molecule has 0 aliphatic heterocycles. The third kappa shape index (κ3) is 13.2. The fourth-order valence-corrected chi connectivity index (χ4v) is 2.46. The van der Waals surface area contributed by atoms with Crippen LogP contribution in [0.4, 0.5) is 0 Å². The fraction of sp³-hybridized carbons (Fsp3) is 0.824. The summed E-state index contributed by atoms with van der Waals surface area (Å²) in [5.41, 5.74) is 0. The molecular weight excluding hydrogens is 318 g/mol. The maximum absolute atomic E-state index is 11.1. The molecule has 0 spiro atoms. The van der Waals surface area contributed by atoms with Crippen LogP contribution in [0.1, 0.15) is 33.1 Å². The first-order valence-corrected chi connectivity index (χ1v) is 9.00. The summed E-state index contributed by atoms with van der Waals surface area (Å²) in [5, 5.41) is 26.1. The quantitative estimate of drug-likeness (QED) is 0.195. The Kier molecular flexibility index (Phi) is 10.8. The van der Waals surface area contributed by atoms with Gasteiger partial charge in [0.1, 0.15) is 0 Å². The van der Waals surface area contributed by atoms with Crippen molar-refractivity contribution >= 4 is 17.8 Å². The molecule has 0 fully saturated rings. The Morgan fingerprint density at radius 2 is 1.72 bits per heavy atom. The number of carbonyl (C=O) groups is 1. The predicted octanol–water partition coefficient (Wildman–Crippen LogP) is 0.519. The summed E-state index contributed by atoms with van der Waals surface area (Å²) in [6, 6.07) is 0. The highest BCUT2D eigenvalue weighted by Crippen LogP contribution is 2.19. The number of rotatable bonds is 10. The van der Waals surface area contributed by atoms with Crippen LogP contribution >= 0.6 is 0 Å². The van der Waals surface area contributed by atoms with Crippen LogP contribution in [0.15, 0.2) is 0 Å². The first kappa shape index (κ1) is 23.2. The van der Waals surface area contributed by atoms with E-state index in [1.54, 1.807) is 0 Å². The number of carbonyl (C=O) groups excluding carboxylic acids is 1. The van der Waals surface area contributed by atoms with E-state index in [2.05, 4.69) is 56.3 Å². The van der Waals surface area contributed by atoms with E-state index in [9.17, 15) is 4.79 Å². The number of nitrogens with one attached hydrogen (secondary N) is 6. The Morgan fingerprint density at radius 1 is 1.12 bits per heavy atom. The summed E-state index contributed by atoms with van der Waals surface area (Å²) < 4.78 is 0.989. The van der Waals surface area contributed by atoms with Gasteiger partial charge in [0, 0.05) is 13.6 Å². The zero-order valence-electron chi connectivity index (χ0n) is 16.8. The molecule has 146 valence electrons. The lowest BCUT2D eigenvalue weighted by Crippen LogP contribution is -2.48. The normalized spacial score (nSPS) is 13.5. The minimum atomic E-state index is -0.209. The van der Waals surface area contributed by atoms with E-state index < -0.39 is 0 Å². The van der Waals surface area contributed by atoms with Gasteiger partial charge in [0.05, 0.1) is 34.2 Å². The summed E-state index contributed by atoms with van der Waals surface area (Å²) in [6.07, 6.45) is 3.52. The van der Waals surface area contributed by atoms with Crippen LogP contribution in [0.2, 0.25) is 0 Å². The average Bonchev–Trinajstić information content (AvgIpc) is 2.53. The van der Waals surface area contributed by atoms with Gasteiger partial charge in [0.25, 0.3) is 0 Å². The summed E-state index contributed by atoms with van der Waals surface area (Å²) in [6.45, 7) is 6.30. The Labute approximate surface area is 152 Å². The zero-order valence-corrected chi connectivity index (χ0v) is 16.8. The lowest BCUT2D eigenvalue weighted by atomic mass is 9.90. The van der Waals surface area contributed by atoms with Crippen LogP contribution < -0.4 is 21.3 Å². The minimum absolute atomic E-state index is 0.0104. The van der Waals surface area contributed by atoms with Crippen molar-refractivity contribution in [2.45, 2.75) is 33.1 Å². The van der Waals surface area contributed by atoms with Gasteiger partial charge in [-0.15, -0.1) is 0 Å². The van der Waals surface area contributed by atoms with Gasteiger partial charge in [-0.25, -0.2) is 0 Å². The van der Waals surface area contributed by atoms with Gasteiger partial charge in [-0.2, -0.15) is 0 Å². The molecule has 0 aliphatic carbocycles. The number of hydrogen-bond donors (Lipinski definition) is 6. The second kappa shape index (κ2) is 11.7. The molecule has 0 saturated heterocycles. The SMILES string of the molecule is CCC(CC[N+](C)(C)C)CC(C)CNC(=N)NC(=N)NCC(=O)NC. The summed E-state index contributed by atoms with van der Waals surface area (Å²) in [5.74, 6) is 0.944. The van der Waals surface area contributed by atoms with Crippen molar-refractivity contribution < 1.29 is 9.28 Å². The van der Waals surface area contributed by atoms with Crippen molar-refractivity contribution in [3.05, 3.63) is 0 Å². The predicted molar refractivity (Wildman–Crippen MR) is 104 cm³/mol. The molecule has 8 nitrogen and oxygen atoms in total. The minimum Gasteiger partial charge on any atom is -0.358 e. The van der Waals surface area contributed by atoms with Gasteiger partial charge in [0.2, 0.25) is 5.91 Å². The Morgan fingerprint density at radius 3 is 2.24 bits per heavy atom. The maximum Gasteiger partial charge on any atom is 0.239 e. The van der Waals surface area contributed by atoms with Gasteiger partial charge < -0.3 is 20.4 Å². The first-order chi connectivity index (χ1) is 11.6. The summed E-state index contributed by atoms with van der Waals surface area (Å²) in [4.78, 5) is 11.1. The van der Waals surface area contributed by atoms with Gasteiger partial charge in [-0.05, 0) is 24.7 Å². The van der Waals surface area contributed by atoms with Crippen molar-refractivity contribution in [3.63, 3.8) is 0 Å². The monoisotopic (exact) mass is 356 g/mol. The topological polar surface area (TPSA) is 113 Å². The Hall–Kier alpha value is -1.83. The molecule has 2 unspecified atom stereocenters. The molecule has 8 heteroatoms. The molecule has 0 aromatic heterocycles. The van der Waals surface area contributed by atoms with Gasteiger partial charge in [-0.1, -0.05) is 20.3 Å². The number of quaternary nitrogens is 1. The second-order valence-corrected chi connectivity index (χ2v) is 7.70. The molecule has 6 N–H and O–H groups in total. The molecule has 0 heterocycles.